The van der Waals surface area contributed by atoms with Crippen LogP contribution >= 0.6 is 20.6 Å². The van der Waals surface area contributed by atoms with Crippen molar-refractivity contribution in [1.82, 2.24) is 0 Å². The second-order valence-electron chi connectivity index (χ2n) is 2.75. The quantitative estimate of drug-likeness (QED) is 0.742. The van der Waals surface area contributed by atoms with Gasteiger partial charge in [-0.05, 0) is 0 Å². The third kappa shape index (κ3) is 1.81. The minimum atomic E-state index is -2.89. The fourth-order valence-corrected chi connectivity index (χ4v) is 4.28. The monoisotopic (exact) mass is 324 g/mol. The summed E-state index contributed by atoms with van der Waals surface area (Å²) in [6.07, 6.45) is 0. The molecule has 0 saturated heterocycles. The van der Waals surface area contributed by atoms with E-state index in [-0.39, 0.29) is 9.13 Å². The van der Waals surface area contributed by atoms with Gasteiger partial charge in [0.05, 0.1) is 0 Å². The fraction of sp³-hybridized carbons (Fsp3) is 0.111. The van der Waals surface area contributed by atoms with Crippen molar-refractivity contribution >= 4 is 32.6 Å². The standard InChI is InChI=1S/C9H6FIO4/c1-5(12)14-11-8-6(9(13)15-11)3-2-4-7(8)10/h2-4H,1H3. The third-order valence-electron chi connectivity index (χ3n) is 1.64. The Morgan fingerprint density at radius 2 is 2.27 bits per heavy atom. The summed E-state index contributed by atoms with van der Waals surface area (Å²) in [4.78, 5) is 22.0. The Kier molecular flexibility index (Phi) is 2.59. The van der Waals surface area contributed by atoms with E-state index in [9.17, 15) is 14.0 Å². The molecule has 2 rings (SSSR count). The van der Waals surface area contributed by atoms with Crippen molar-refractivity contribution in [3.8, 4) is 0 Å². The molecular weight excluding hydrogens is 318 g/mol. The molecule has 15 heavy (non-hydrogen) atoms. The summed E-state index contributed by atoms with van der Waals surface area (Å²) in [5.41, 5.74) is 0.168. The van der Waals surface area contributed by atoms with E-state index < -0.39 is 38.4 Å². The average molecular weight is 324 g/mol. The summed E-state index contributed by atoms with van der Waals surface area (Å²) in [5, 5.41) is 0. The second kappa shape index (κ2) is 3.76. The zero-order chi connectivity index (χ0) is 11.0. The van der Waals surface area contributed by atoms with Gasteiger partial charge in [0.15, 0.2) is 0 Å². The summed E-state index contributed by atoms with van der Waals surface area (Å²) in [6.45, 7) is 1.20. The van der Waals surface area contributed by atoms with Crippen LogP contribution in [0.3, 0.4) is 0 Å². The van der Waals surface area contributed by atoms with E-state index in [1.807, 2.05) is 0 Å². The Hall–Kier alpha value is -1.18. The van der Waals surface area contributed by atoms with Crippen LogP contribution in [0.4, 0.5) is 4.39 Å². The van der Waals surface area contributed by atoms with E-state index >= 15 is 0 Å². The first-order valence-corrected chi connectivity index (χ1v) is 6.84. The van der Waals surface area contributed by atoms with Crippen LogP contribution in [0.25, 0.3) is 0 Å². The van der Waals surface area contributed by atoms with Gasteiger partial charge < -0.3 is 0 Å². The zero-order valence-corrected chi connectivity index (χ0v) is 9.78. The van der Waals surface area contributed by atoms with Gasteiger partial charge in [0, 0.05) is 0 Å². The molecule has 1 heterocycles. The SMILES string of the molecule is CC(=O)OI1OC(=O)c2cccc(F)c21. The number of carbonyl (C=O) groups is 2. The summed E-state index contributed by atoms with van der Waals surface area (Å²) in [7, 11) is 0. The maximum absolute atomic E-state index is 13.4. The van der Waals surface area contributed by atoms with E-state index in [1.54, 1.807) is 0 Å². The van der Waals surface area contributed by atoms with E-state index in [0.717, 1.165) is 0 Å². The molecule has 1 aliphatic heterocycles. The van der Waals surface area contributed by atoms with Gasteiger partial charge in [-0.25, -0.2) is 0 Å². The number of hydrogen-bond acceptors (Lipinski definition) is 4. The molecule has 0 amide bonds. The van der Waals surface area contributed by atoms with E-state index in [1.165, 1.54) is 25.1 Å². The van der Waals surface area contributed by atoms with Gasteiger partial charge in [-0.1, -0.05) is 0 Å². The van der Waals surface area contributed by atoms with Crippen molar-refractivity contribution in [2.75, 3.05) is 0 Å². The van der Waals surface area contributed by atoms with Gasteiger partial charge in [0.2, 0.25) is 0 Å². The Bertz CT molecular complexity index is 444. The molecule has 0 saturated carbocycles. The number of carbonyl (C=O) groups excluding carboxylic acids is 2. The number of benzene rings is 1. The molecule has 0 N–H and O–H groups in total. The molecule has 6 heteroatoms. The van der Waals surface area contributed by atoms with Crippen LogP contribution in [0.15, 0.2) is 18.2 Å². The van der Waals surface area contributed by atoms with Crippen molar-refractivity contribution in [2.45, 2.75) is 6.92 Å². The topological polar surface area (TPSA) is 52.6 Å². The summed E-state index contributed by atoms with van der Waals surface area (Å²) in [5.74, 6) is -1.73. The number of fused-ring (bicyclic) bond motifs is 1. The van der Waals surface area contributed by atoms with E-state index in [2.05, 4.69) is 0 Å². The second-order valence-corrected chi connectivity index (χ2v) is 5.95. The van der Waals surface area contributed by atoms with Gasteiger partial charge in [0.25, 0.3) is 0 Å². The molecule has 0 atom stereocenters. The van der Waals surface area contributed by atoms with Crippen LogP contribution < -0.4 is 0 Å². The van der Waals surface area contributed by atoms with Crippen molar-refractivity contribution in [2.24, 2.45) is 0 Å². The van der Waals surface area contributed by atoms with Crippen LogP contribution in [0.5, 0.6) is 0 Å². The van der Waals surface area contributed by atoms with Crippen LogP contribution in [0.2, 0.25) is 0 Å². The first-order valence-electron chi connectivity index (χ1n) is 4.00. The van der Waals surface area contributed by atoms with Gasteiger partial charge in [0.1, 0.15) is 0 Å². The molecule has 0 fully saturated rings. The van der Waals surface area contributed by atoms with Crippen LogP contribution in [-0.4, -0.2) is 11.9 Å². The van der Waals surface area contributed by atoms with Gasteiger partial charge in [-0.2, -0.15) is 0 Å². The molecule has 0 aromatic heterocycles. The molecular formula is C9H6FIO4. The molecule has 0 spiro atoms. The normalized spacial score (nSPS) is 15.9. The molecule has 1 aliphatic rings. The predicted molar refractivity (Wildman–Crippen MR) is 56.3 cm³/mol. The van der Waals surface area contributed by atoms with Gasteiger partial charge in [-0.3, -0.25) is 0 Å². The van der Waals surface area contributed by atoms with Crippen molar-refractivity contribution < 1.29 is 20.1 Å². The molecule has 1 aromatic rings. The number of hydrogen-bond donors (Lipinski definition) is 0. The Morgan fingerprint density at radius 3 is 2.93 bits per heavy atom. The average Bonchev–Trinajstić information content (AvgIpc) is 2.44. The van der Waals surface area contributed by atoms with Crippen LogP contribution in [-0.2, 0) is 10.9 Å². The third-order valence-corrected chi connectivity index (χ3v) is 5.44. The Labute approximate surface area is 92.8 Å². The molecule has 1 aromatic carbocycles. The number of halogens is 2. The fourth-order valence-electron chi connectivity index (χ4n) is 1.12. The zero-order valence-electron chi connectivity index (χ0n) is 7.62. The summed E-state index contributed by atoms with van der Waals surface area (Å²) < 4.78 is 23.2. The van der Waals surface area contributed by atoms with Crippen LogP contribution in [0.1, 0.15) is 17.3 Å². The van der Waals surface area contributed by atoms with Gasteiger partial charge >= 0.3 is 92.8 Å². The Morgan fingerprint density at radius 1 is 1.53 bits per heavy atom. The van der Waals surface area contributed by atoms with Crippen molar-refractivity contribution in [3.63, 3.8) is 0 Å². The number of rotatable bonds is 1. The predicted octanol–water partition coefficient (Wildman–Crippen LogP) is 2.07. The summed E-state index contributed by atoms with van der Waals surface area (Å²) in [6, 6.07) is 4.10. The first-order chi connectivity index (χ1) is 7.09. The maximum atomic E-state index is 13.4. The first kappa shape index (κ1) is 10.3. The molecule has 0 aliphatic carbocycles. The molecule has 4 nitrogen and oxygen atoms in total. The van der Waals surface area contributed by atoms with Crippen molar-refractivity contribution in [1.29, 1.82) is 0 Å². The molecule has 80 valence electrons. The molecule has 0 radical (unpaired) electrons. The summed E-state index contributed by atoms with van der Waals surface area (Å²) >= 11 is -2.89. The molecule has 0 unspecified atom stereocenters. The van der Waals surface area contributed by atoms with Crippen molar-refractivity contribution in [3.05, 3.63) is 33.1 Å². The van der Waals surface area contributed by atoms with E-state index in [0.29, 0.717) is 0 Å². The van der Waals surface area contributed by atoms with E-state index in [4.69, 9.17) is 6.13 Å². The molecule has 0 bridgehead atoms. The van der Waals surface area contributed by atoms with Gasteiger partial charge in [-0.15, -0.1) is 0 Å². The van der Waals surface area contributed by atoms with Crippen LogP contribution in [0, 0.1) is 9.39 Å². The minimum absolute atomic E-state index is 0.141. The Balaban J connectivity index is 2.44.